The van der Waals surface area contributed by atoms with Crippen molar-refractivity contribution in [3.63, 3.8) is 0 Å². The summed E-state index contributed by atoms with van der Waals surface area (Å²) in [5, 5.41) is 9.60. The molecule has 2 aliphatic rings. The van der Waals surface area contributed by atoms with E-state index in [1.807, 2.05) is 0 Å². The first-order valence-corrected chi connectivity index (χ1v) is 6.90. The van der Waals surface area contributed by atoms with Crippen LogP contribution in [0.2, 0.25) is 0 Å². The molecular weight excluding hydrogens is 246 g/mol. The minimum Gasteiger partial charge on any atom is -0.347 e. The van der Waals surface area contributed by atoms with Gasteiger partial charge in [-0.15, -0.1) is 5.10 Å². The van der Waals surface area contributed by atoms with Gasteiger partial charge >= 0.3 is 5.69 Å². The van der Waals surface area contributed by atoms with Crippen LogP contribution < -0.4 is 21.5 Å². The number of nitrogens with zero attached hydrogens (tertiary/aromatic N) is 2. The summed E-state index contributed by atoms with van der Waals surface area (Å²) in [6, 6.07) is 0.411. The van der Waals surface area contributed by atoms with Gasteiger partial charge in [-0.25, -0.2) is 9.89 Å². The SMILES string of the molecule is O=c1[nH]nc(N(CC2CCNCC2)C2CC2)c(=O)[nH]1. The number of aromatic nitrogens is 3. The van der Waals surface area contributed by atoms with Gasteiger partial charge in [0.05, 0.1) is 0 Å². The van der Waals surface area contributed by atoms with E-state index < -0.39 is 5.69 Å². The average Bonchev–Trinajstić information content (AvgIpc) is 3.22. The third-order valence-corrected chi connectivity index (χ3v) is 3.87. The Balaban J connectivity index is 1.80. The maximum absolute atomic E-state index is 11.9. The molecule has 0 bridgehead atoms. The summed E-state index contributed by atoms with van der Waals surface area (Å²) in [6.45, 7) is 2.94. The van der Waals surface area contributed by atoms with E-state index in [2.05, 4.69) is 25.4 Å². The lowest BCUT2D eigenvalue weighted by molar-refractivity contribution is 0.371. The maximum Gasteiger partial charge on any atom is 0.342 e. The van der Waals surface area contributed by atoms with Crippen molar-refractivity contribution < 1.29 is 0 Å². The largest absolute Gasteiger partial charge is 0.347 e. The van der Waals surface area contributed by atoms with Gasteiger partial charge in [0, 0.05) is 12.6 Å². The lowest BCUT2D eigenvalue weighted by Crippen LogP contribution is -2.41. The fourth-order valence-corrected chi connectivity index (χ4v) is 2.67. The molecule has 0 aromatic carbocycles. The zero-order chi connectivity index (χ0) is 13.2. The Kier molecular flexibility index (Phi) is 3.37. The first-order chi connectivity index (χ1) is 9.24. The highest BCUT2D eigenvalue weighted by Crippen LogP contribution is 2.30. The first-order valence-electron chi connectivity index (χ1n) is 6.90. The van der Waals surface area contributed by atoms with Gasteiger partial charge in [-0.1, -0.05) is 0 Å². The highest BCUT2D eigenvalue weighted by molar-refractivity contribution is 5.38. The van der Waals surface area contributed by atoms with Crippen LogP contribution in [-0.4, -0.2) is 40.9 Å². The molecule has 1 aliphatic heterocycles. The van der Waals surface area contributed by atoms with Crippen LogP contribution in [-0.2, 0) is 0 Å². The number of anilines is 1. The third kappa shape index (κ3) is 2.86. The fourth-order valence-electron chi connectivity index (χ4n) is 2.67. The number of rotatable bonds is 4. The second kappa shape index (κ2) is 5.16. The lowest BCUT2D eigenvalue weighted by atomic mass is 9.97. The van der Waals surface area contributed by atoms with Crippen LogP contribution in [0, 0.1) is 5.92 Å². The van der Waals surface area contributed by atoms with Gasteiger partial charge < -0.3 is 10.2 Å². The standard InChI is InChI=1S/C12H19N5O2/c18-11-10(15-16-12(19)14-11)17(9-1-2-9)7-8-3-5-13-6-4-8/h8-9,13H,1-7H2,(H2,14,16,18,19). The summed E-state index contributed by atoms with van der Waals surface area (Å²) >= 11 is 0. The Labute approximate surface area is 110 Å². The first kappa shape index (κ1) is 12.4. The molecule has 1 saturated heterocycles. The number of aromatic amines is 2. The summed E-state index contributed by atoms with van der Waals surface area (Å²) < 4.78 is 0. The van der Waals surface area contributed by atoms with Gasteiger partial charge in [0.15, 0.2) is 0 Å². The number of hydrogen-bond acceptors (Lipinski definition) is 5. The van der Waals surface area contributed by atoms with E-state index in [9.17, 15) is 9.59 Å². The minimum atomic E-state index is -0.550. The predicted molar refractivity (Wildman–Crippen MR) is 71.4 cm³/mol. The molecule has 104 valence electrons. The molecule has 1 saturated carbocycles. The van der Waals surface area contributed by atoms with Gasteiger partial charge in [0.2, 0.25) is 5.82 Å². The summed E-state index contributed by atoms with van der Waals surface area (Å²) in [4.78, 5) is 27.2. The third-order valence-electron chi connectivity index (χ3n) is 3.87. The second-order valence-corrected chi connectivity index (χ2v) is 5.41. The van der Waals surface area contributed by atoms with Gasteiger partial charge in [0.1, 0.15) is 0 Å². The Morgan fingerprint density at radius 1 is 1.16 bits per heavy atom. The van der Waals surface area contributed by atoms with Crippen molar-refractivity contribution in [1.82, 2.24) is 20.5 Å². The number of H-pyrrole nitrogens is 2. The maximum atomic E-state index is 11.9. The number of piperidine rings is 1. The van der Waals surface area contributed by atoms with E-state index >= 15 is 0 Å². The van der Waals surface area contributed by atoms with Gasteiger partial charge in [-0.2, -0.15) is 0 Å². The van der Waals surface area contributed by atoms with E-state index in [-0.39, 0.29) is 5.56 Å². The van der Waals surface area contributed by atoms with Crippen molar-refractivity contribution in [3.05, 3.63) is 20.8 Å². The van der Waals surface area contributed by atoms with Crippen molar-refractivity contribution in [2.24, 2.45) is 5.92 Å². The Bertz CT molecular complexity index is 542. The molecule has 1 aromatic rings. The predicted octanol–water partition coefficient (Wildman–Crippen LogP) is -0.573. The molecule has 7 heteroatoms. The highest BCUT2D eigenvalue weighted by atomic mass is 16.2. The van der Waals surface area contributed by atoms with Crippen molar-refractivity contribution in [2.45, 2.75) is 31.7 Å². The zero-order valence-corrected chi connectivity index (χ0v) is 10.8. The fraction of sp³-hybridized carbons (Fsp3) is 0.750. The van der Waals surface area contributed by atoms with E-state index in [4.69, 9.17) is 0 Å². The molecule has 0 atom stereocenters. The average molecular weight is 265 g/mol. The normalized spacial score (nSPS) is 20.4. The van der Waals surface area contributed by atoms with Crippen LogP contribution in [0.25, 0.3) is 0 Å². The quantitative estimate of drug-likeness (QED) is 0.677. The summed E-state index contributed by atoms with van der Waals surface area (Å²) in [5.74, 6) is 0.954. The van der Waals surface area contributed by atoms with Crippen molar-refractivity contribution >= 4 is 5.82 Å². The monoisotopic (exact) mass is 265 g/mol. The Morgan fingerprint density at radius 2 is 1.89 bits per heavy atom. The summed E-state index contributed by atoms with van der Waals surface area (Å²) in [5.41, 5.74) is -0.934. The molecule has 3 rings (SSSR count). The second-order valence-electron chi connectivity index (χ2n) is 5.41. The van der Waals surface area contributed by atoms with E-state index in [0.717, 1.165) is 45.3 Å². The van der Waals surface area contributed by atoms with Crippen LogP contribution >= 0.6 is 0 Å². The molecule has 2 heterocycles. The smallest absolute Gasteiger partial charge is 0.342 e. The van der Waals surface area contributed by atoms with E-state index in [1.165, 1.54) is 0 Å². The molecule has 7 nitrogen and oxygen atoms in total. The summed E-state index contributed by atoms with van der Waals surface area (Å²) in [7, 11) is 0. The van der Waals surface area contributed by atoms with Crippen LogP contribution in [0.1, 0.15) is 25.7 Å². The highest BCUT2D eigenvalue weighted by Gasteiger charge is 2.33. The molecule has 3 N–H and O–H groups in total. The Morgan fingerprint density at radius 3 is 2.53 bits per heavy atom. The summed E-state index contributed by atoms with van der Waals surface area (Å²) in [6.07, 6.45) is 4.46. The zero-order valence-electron chi connectivity index (χ0n) is 10.8. The molecule has 19 heavy (non-hydrogen) atoms. The van der Waals surface area contributed by atoms with Crippen molar-refractivity contribution in [3.8, 4) is 0 Å². The minimum absolute atomic E-state index is 0.362. The molecule has 0 spiro atoms. The molecule has 1 aliphatic carbocycles. The van der Waals surface area contributed by atoms with E-state index in [1.54, 1.807) is 0 Å². The van der Waals surface area contributed by atoms with Crippen LogP contribution in [0.4, 0.5) is 5.82 Å². The molecular formula is C12H19N5O2. The van der Waals surface area contributed by atoms with E-state index in [0.29, 0.717) is 17.8 Å². The van der Waals surface area contributed by atoms with Crippen LogP contribution in [0.15, 0.2) is 9.59 Å². The van der Waals surface area contributed by atoms with Crippen molar-refractivity contribution in [1.29, 1.82) is 0 Å². The molecule has 0 radical (unpaired) electrons. The molecule has 2 fully saturated rings. The topological polar surface area (TPSA) is 93.9 Å². The molecule has 0 unspecified atom stereocenters. The lowest BCUT2D eigenvalue weighted by Gasteiger charge is -2.30. The van der Waals surface area contributed by atoms with Crippen LogP contribution in [0.5, 0.6) is 0 Å². The van der Waals surface area contributed by atoms with Crippen molar-refractivity contribution in [2.75, 3.05) is 24.5 Å². The number of nitrogens with one attached hydrogen (secondary N) is 3. The van der Waals surface area contributed by atoms with Gasteiger partial charge in [-0.3, -0.25) is 9.78 Å². The van der Waals surface area contributed by atoms with Crippen LogP contribution in [0.3, 0.4) is 0 Å². The van der Waals surface area contributed by atoms with Gasteiger partial charge in [0.25, 0.3) is 5.56 Å². The number of hydrogen-bond donors (Lipinski definition) is 3. The molecule has 0 amide bonds. The molecule has 1 aromatic heterocycles. The Hall–Kier alpha value is -1.63. The van der Waals surface area contributed by atoms with Gasteiger partial charge in [-0.05, 0) is 44.7 Å².